The minimum atomic E-state index is -2.27. The van der Waals surface area contributed by atoms with E-state index in [9.17, 15) is 33.9 Å². The second-order valence-corrected chi connectivity index (χ2v) is 8.93. The lowest BCUT2D eigenvalue weighted by atomic mass is 10.1. The number of carbonyl (C=O) groups excluding carboxylic acids is 5. The summed E-state index contributed by atoms with van der Waals surface area (Å²) in [6.07, 6.45) is -4.47. The number of amides is 3. The molecule has 3 aromatic carbocycles. The summed E-state index contributed by atoms with van der Waals surface area (Å²) < 4.78 is 10.3. The van der Waals surface area contributed by atoms with Gasteiger partial charge in [0.25, 0.3) is 11.8 Å². The number of carboxylic acids is 1. The van der Waals surface area contributed by atoms with Crippen molar-refractivity contribution in [2.24, 2.45) is 0 Å². The highest BCUT2D eigenvalue weighted by Crippen LogP contribution is 2.15. The third-order valence-corrected chi connectivity index (χ3v) is 5.52. The van der Waals surface area contributed by atoms with Crippen molar-refractivity contribution in [1.29, 1.82) is 0 Å². The SMILES string of the molecule is CC(=O)Nc1ccc(C(=O)NNC(=O)[C@H](OC(=O)c2cccc(C)c2)[C@H](OC(=O)c2cccc(C)c2)C(=O)O)cc1. The highest BCUT2D eigenvalue weighted by molar-refractivity contribution is 5.99. The Hall–Kier alpha value is -5.52. The maximum atomic E-state index is 13.1. The monoisotopic (exact) mass is 561 g/mol. The number of anilines is 1. The fourth-order valence-electron chi connectivity index (χ4n) is 3.58. The Bertz CT molecular complexity index is 1480. The summed E-state index contributed by atoms with van der Waals surface area (Å²) in [5.41, 5.74) is 6.03. The molecule has 0 aliphatic rings. The number of benzene rings is 3. The van der Waals surface area contributed by atoms with Crippen LogP contribution in [0.15, 0.2) is 72.8 Å². The van der Waals surface area contributed by atoms with Crippen LogP contribution in [-0.4, -0.2) is 52.9 Å². The summed E-state index contributed by atoms with van der Waals surface area (Å²) in [7, 11) is 0. The van der Waals surface area contributed by atoms with Crippen molar-refractivity contribution >= 4 is 41.3 Å². The largest absolute Gasteiger partial charge is 0.478 e. The third-order valence-electron chi connectivity index (χ3n) is 5.52. The van der Waals surface area contributed by atoms with Crippen LogP contribution in [0.2, 0.25) is 0 Å². The summed E-state index contributed by atoms with van der Waals surface area (Å²) >= 11 is 0. The summed E-state index contributed by atoms with van der Waals surface area (Å²) in [5.74, 6) is -6.31. The number of carbonyl (C=O) groups is 6. The molecule has 41 heavy (non-hydrogen) atoms. The molecule has 0 aliphatic carbocycles. The Morgan fingerprint density at radius 2 is 1.20 bits per heavy atom. The minimum absolute atomic E-state index is 0.0106. The van der Waals surface area contributed by atoms with Gasteiger partial charge in [-0.1, -0.05) is 35.4 Å². The summed E-state index contributed by atoms with van der Waals surface area (Å²) in [5, 5.41) is 12.4. The molecule has 0 saturated heterocycles. The van der Waals surface area contributed by atoms with Crippen LogP contribution in [0.3, 0.4) is 0 Å². The first-order valence-electron chi connectivity index (χ1n) is 12.2. The van der Waals surface area contributed by atoms with Crippen LogP contribution in [0.4, 0.5) is 5.69 Å². The summed E-state index contributed by atoms with van der Waals surface area (Å²) in [6.45, 7) is 4.74. The number of aryl methyl sites for hydroxylation is 2. The lowest BCUT2D eigenvalue weighted by Crippen LogP contribution is -2.54. The minimum Gasteiger partial charge on any atom is -0.478 e. The molecule has 0 bridgehead atoms. The van der Waals surface area contributed by atoms with E-state index in [0.717, 1.165) is 0 Å². The van der Waals surface area contributed by atoms with Gasteiger partial charge in [0.2, 0.25) is 18.1 Å². The quantitative estimate of drug-likeness (QED) is 0.226. The number of hydrazine groups is 1. The zero-order valence-electron chi connectivity index (χ0n) is 22.3. The van der Waals surface area contributed by atoms with Crippen LogP contribution in [0, 0.1) is 13.8 Å². The number of aliphatic carboxylic acids is 1. The van der Waals surface area contributed by atoms with E-state index in [0.29, 0.717) is 16.8 Å². The van der Waals surface area contributed by atoms with Crippen molar-refractivity contribution in [3.8, 4) is 0 Å². The maximum Gasteiger partial charge on any atom is 0.349 e. The molecule has 12 nitrogen and oxygen atoms in total. The Labute approximate surface area is 234 Å². The van der Waals surface area contributed by atoms with Gasteiger partial charge in [-0.25, -0.2) is 14.4 Å². The third kappa shape index (κ3) is 8.48. The number of hydrogen-bond acceptors (Lipinski definition) is 8. The highest BCUT2D eigenvalue weighted by Gasteiger charge is 2.41. The summed E-state index contributed by atoms with van der Waals surface area (Å²) in [4.78, 5) is 74.6. The van der Waals surface area contributed by atoms with E-state index in [2.05, 4.69) is 10.7 Å². The Kier molecular flexibility index (Phi) is 9.90. The molecule has 0 radical (unpaired) electrons. The molecule has 0 aromatic heterocycles. The van der Waals surface area contributed by atoms with Crippen LogP contribution in [0.5, 0.6) is 0 Å². The first kappa shape index (κ1) is 30.0. The average molecular weight is 562 g/mol. The number of rotatable bonds is 9. The van der Waals surface area contributed by atoms with Gasteiger partial charge in [-0.3, -0.25) is 25.2 Å². The fraction of sp³-hybridized carbons (Fsp3) is 0.172. The van der Waals surface area contributed by atoms with E-state index in [1.165, 1.54) is 55.5 Å². The van der Waals surface area contributed by atoms with Gasteiger partial charge in [0, 0.05) is 18.2 Å². The van der Waals surface area contributed by atoms with Crippen molar-refractivity contribution in [2.45, 2.75) is 33.0 Å². The second kappa shape index (κ2) is 13.5. The van der Waals surface area contributed by atoms with Crippen molar-refractivity contribution in [1.82, 2.24) is 10.9 Å². The molecule has 3 aromatic rings. The molecule has 0 spiro atoms. The predicted octanol–water partition coefficient (Wildman–Crippen LogP) is 2.56. The van der Waals surface area contributed by atoms with Crippen LogP contribution < -0.4 is 16.2 Å². The molecule has 0 heterocycles. The lowest BCUT2D eigenvalue weighted by molar-refractivity contribution is -0.159. The van der Waals surface area contributed by atoms with Gasteiger partial charge >= 0.3 is 17.9 Å². The van der Waals surface area contributed by atoms with E-state index < -0.39 is 41.9 Å². The predicted molar refractivity (Wildman–Crippen MR) is 145 cm³/mol. The molecule has 2 atom stereocenters. The smallest absolute Gasteiger partial charge is 0.349 e. The van der Waals surface area contributed by atoms with E-state index >= 15 is 0 Å². The molecule has 3 rings (SSSR count). The molecule has 3 amide bonds. The van der Waals surface area contributed by atoms with Gasteiger partial charge in [-0.2, -0.15) is 0 Å². The van der Waals surface area contributed by atoms with E-state index in [-0.39, 0.29) is 22.6 Å². The average Bonchev–Trinajstić information content (AvgIpc) is 2.93. The Balaban J connectivity index is 1.82. The first-order valence-corrected chi connectivity index (χ1v) is 12.2. The molecule has 12 heteroatoms. The second-order valence-electron chi connectivity index (χ2n) is 8.93. The first-order chi connectivity index (χ1) is 19.4. The molecule has 4 N–H and O–H groups in total. The van der Waals surface area contributed by atoms with Gasteiger partial charge in [0.05, 0.1) is 11.1 Å². The number of hydrogen-bond donors (Lipinski definition) is 4. The molecular weight excluding hydrogens is 534 g/mol. The van der Waals surface area contributed by atoms with Crippen molar-refractivity contribution in [2.75, 3.05) is 5.32 Å². The topological polar surface area (TPSA) is 177 Å². The maximum absolute atomic E-state index is 13.1. The number of ether oxygens (including phenoxy) is 2. The summed E-state index contributed by atoms with van der Waals surface area (Å²) in [6, 6.07) is 17.9. The van der Waals surface area contributed by atoms with Gasteiger partial charge in [-0.05, 0) is 62.4 Å². The van der Waals surface area contributed by atoms with Crippen LogP contribution in [0.1, 0.15) is 49.1 Å². The van der Waals surface area contributed by atoms with Gasteiger partial charge in [-0.15, -0.1) is 0 Å². The molecular formula is C29H27N3O9. The zero-order valence-corrected chi connectivity index (χ0v) is 22.3. The molecule has 0 unspecified atom stereocenters. The normalized spacial score (nSPS) is 11.8. The van der Waals surface area contributed by atoms with E-state index in [1.54, 1.807) is 38.1 Å². The number of carboxylic acid groups (broad SMARTS) is 1. The lowest BCUT2D eigenvalue weighted by Gasteiger charge is -2.23. The molecule has 0 aliphatic heterocycles. The van der Waals surface area contributed by atoms with Gasteiger partial charge in [0.1, 0.15) is 0 Å². The number of esters is 2. The van der Waals surface area contributed by atoms with Crippen LogP contribution in [0.25, 0.3) is 0 Å². The molecule has 0 fully saturated rings. The van der Waals surface area contributed by atoms with Crippen molar-refractivity contribution in [3.05, 3.63) is 101 Å². The molecule has 0 saturated carbocycles. The Morgan fingerprint density at radius 3 is 1.66 bits per heavy atom. The van der Waals surface area contributed by atoms with Crippen LogP contribution >= 0.6 is 0 Å². The van der Waals surface area contributed by atoms with Gasteiger partial charge in [0.15, 0.2) is 0 Å². The Morgan fingerprint density at radius 1 is 0.683 bits per heavy atom. The molecule has 212 valence electrons. The van der Waals surface area contributed by atoms with E-state index in [4.69, 9.17) is 9.47 Å². The van der Waals surface area contributed by atoms with E-state index in [1.807, 2.05) is 5.43 Å². The number of nitrogens with one attached hydrogen (secondary N) is 3. The standard InChI is InChI=1S/C29H27N3O9/c1-16-6-4-8-20(14-16)28(38)40-23(24(27(36)37)41-29(39)21-9-5-7-17(2)15-21)26(35)32-31-25(34)19-10-12-22(13-11-19)30-18(3)33/h4-15,23-24H,1-3H3,(H,30,33)(H,31,34)(H,32,35)(H,36,37)/t23-,24+/m1/s1. The highest BCUT2D eigenvalue weighted by atomic mass is 16.6. The van der Waals surface area contributed by atoms with Crippen LogP contribution in [-0.2, 0) is 23.9 Å². The van der Waals surface area contributed by atoms with Crippen molar-refractivity contribution in [3.63, 3.8) is 0 Å². The van der Waals surface area contributed by atoms with Crippen molar-refractivity contribution < 1.29 is 43.3 Å². The van der Waals surface area contributed by atoms with Gasteiger partial charge < -0.3 is 19.9 Å². The zero-order chi connectivity index (χ0) is 30.1. The fourth-order valence-corrected chi connectivity index (χ4v) is 3.58.